The molecule has 2 fully saturated rings. The Labute approximate surface area is 149 Å². The van der Waals surface area contributed by atoms with Gasteiger partial charge in [-0.3, -0.25) is 9.59 Å². The largest absolute Gasteiger partial charge is 0.455 e. The average Bonchev–Trinajstić information content (AvgIpc) is 3.09. The standard InChI is InChI=1S/C19H19FN2O4/c20-15-6-4-11(5-7-15)18-21-16(26-22-18)10-25-19(24)14-8-12-2-1-3-13(9-14)17(12)23/h4-7,12-14H,1-3,8-10H2. The lowest BCUT2D eigenvalue weighted by molar-refractivity contribution is -0.155. The topological polar surface area (TPSA) is 82.3 Å². The second-order valence-corrected chi connectivity index (χ2v) is 7.02. The van der Waals surface area contributed by atoms with E-state index < -0.39 is 0 Å². The van der Waals surface area contributed by atoms with Gasteiger partial charge in [0, 0.05) is 17.4 Å². The zero-order valence-corrected chi connectivity index (χ0v) is 14.2. The molecule has 0 amide bonds. The highest BCUT2D eigenvalue weighted by Gasteiger charge is 2.41. The molecule has 136 valence electrons. The molecule has 4 rings (SSSR count). The molecular formula is C19H19FN2O4. The van der Waals surface area contributed by atoms with E-state index in [1.54, 1.807) is 12.1 Å². The Balaban J connectivity index is 1.35. The van der Waals surface area contributed by atoms with Crippen LogP contribution in [-0.2, 0) is 20.9 Å². The molecule has 1 aromatic carbocycles. The lowest BCUT2D eigenvalue weighted by Gasteiger charge is -2.36. The van der Waals surface area contributed by atoms with E-state index in [1.165, 1.54) is 12.1 Å². The van der Waals surface area contributed by atoms with E-state index in [2.05, 4.69) is 10.1 Å². The van der Waals surface area contributed by atoms with Crippen molar-refractivity contribution in [1.29, 1.82) is 0 Å². The van der Waals surface area contributed by atoms with Crippen LogP contribution < -0.4 is 0 Å². The summed E-state index contributed by atoms with van der Waals surface area (Å²) in [5.41, 5.74) is 0.617. The van der Waals surface area contributed by atoms with E-state index in [0.29, 0.717) is 30.0 Å². The maximum atomic E-state index is 13.0. The number of nitrogens with zero attached hydrogens (tertiary/aromatic N) is 2. The lowest BCUT2D eigenvalue weighted by Crippen LogP contribution is -2.39. The lowest BCUT2D eigenvalue weighted by atomic mass is 9.67. The number of hydrogen-bond donors (Lipinski definition) is 0. The number of halogens is 1. The summed E-state index contributed by atoms with van der Waals surface area (Å²) in [6.45, 7) is -0.104. The van der Waals surface area contributed by atoms with Crippen molar-refractivity contribution < 1.29 is 23.2 Å². The van der Waals surface area contributed by atoms with Crippen LogP contribution in [0.5, 0.6) is 0 Å². The van der Waals surface area contributed by atoms with E-state index in [0.717, 1.165) is 19.3 Å². The van der Waals surface area contributed by atoms with Gasteiger partial charge in [-0.15, -0.1) is 0 Å². The van der Waals surface area contributed by atoms with Crippen LogP contribution >= 0.6 is 0 Å². The molecule has 1 heterocycles. The molecule has 1 aromatic heterocycles. The first-order valence-electron chi connectivity index (χ1n) is 8.89. The number of benzene rings is 1. The molecule has 2 aliphatic carbocycles. The average molecular weight is 358 g/mol. The SMILES string of the molecule is O=C(OCc1nc(-c2ccc(F)cc2)no1)C1CC2CCCC(C1)C2=O. The zero-order valence-electron chi connectivity index (χ0n) is 14.2. The summed E-state index contributed by atoms with van der Waals surface area (Å²) in [5.74, 6) is -0.0534. The fraction of sp³-hybridized carbons (Fsp3) is 0.474. The van der Waals surface area contributed by atoms with Gasteiger partial charge in [0.25, 0.3) is 5.89 Å². The summed E-state index contributed by atoms with van der Waals surface area (Å²) in [5, 5.41) is 3.82. The molecule has 0 spiro atoms. The number of carbonyl (C=O) groups excluding carboxylic acids is 2. The third-order valence-corrected chi connectivity index (χ3v) is 5.29. The Morgan fingerprint density at radius 3 is 2.58 bits per heavy atom. The summed E-state index contributed by atoms with van der Waals surface area (Å²) in [4.78, 5) is 28.6. The van der Waals surface area contributed by atoms with Gasteiger partial charge < -0.3 is 9.26 Å². The number of esters is 1. The maximum Gasteiger partial charge on any atom is 0.309 e. The highest BCUT2D eigenvalue weighted by atomic mass is 19.1. The van der Waals surface area contributed by atoms with Gasteiger partial charge in [-0.2, -0.15) is 4.98 Å². The number of rotatable bonds is 4. The van der Waals surface area contributed by atoms with Crippen molar-refractivity contribution in [2.75, 3.05) is 0 Å². The summed E-state index contributed by atoms with van der Waals surface area (Å²) in [7, 11) is 0. The number of ketones is 1. The Kier molecular flexibility index (Phi) is 4.53. The summed E-state index contributed by atoms with van der Waals surface area (Å²) in [6.07, 6.45) is 3.99. The van der Waals surface area contributed by atoms with E-state index in [1.807, 2.05) is 0 Å². The Morgan fingerprint density at radius 2 is 1.88 bits per heavy atom. The summed E-state index contributed by atoms with van der Waals surface area (Å²) in [6, 6.07) is 5.72. The van der Waals surface area contributed by atoms with Crippen LogP contribution in [-0.4, -0.2) is 21.9 Å². The van der Waals surface area contributed by atoms with Gasteiger partial charge in [0.05, 0.1) is 5.92 Å². The van der Waals surface area contributed by atoms with Gasteiger partial charge in [-0.25, -0.2) is 4.39 Å². The van der Waals surface area contributed by atoms with Crippen LogP contribution in [0.3, 0.4) is 0 Å². The van der Waals surface area contributed by atoms with Crippen molar-refractivity contribution in [1.82, 2.24) is 10.1 Å². The van der Waals surface area contributed by atoms with Crippen molar-refractivity contribution in [3.63, 3.8) is 0 Å². The van der Waals surface area contributed by atoms with Gasteiger partial charge in [-0.1, -0.05) is 11.6 Å². The van der Waals surface area contributed by atoms with Gasteiger partial charge in [0.2, 0.25) is 5.82 Å². The van der Waals surface area contributed by atoms with E-state index in [4.69, 9.17) is 9.26 Å². The Hall–Kier alpha value is -2.57. The molecule has 0 radical (unpaired) electrons. The highest BCUT2D eigenvalue weighted by molar-refractivity contribution is 5.87. The normalized spacial score (nSPS) is 25.1. The predicted molar refractivity (Wildman–Crippen MR) is 88.1 cm³/mol. The first-order valence-corrected chi connectivity index (χ1v) is 8.89. The Morgan fingerprint density at radius 1 is 1.19 bits per heavy atom. The number of hydrogen-bond acceptors (Lipinski definition) is 6. The smallest absolute Gasteiger partial charge is 0.309 e. The van der Waals surface area contributed by atoms with Crippen molar-refractivity contribution in [3.8, 4) is 11.4 Å². The molecule has 0 aliphatic heterocycles. The van der Waals surface area contributed by atoms with Crippen LogP contribution in [0.2, 0.25) is 0 Å². The maximum absolute atomic E-state index is 13.0. The van der Waals surface area contributed by atoms with Crippen LogP contribution in [0.1, 0.15) is 38.0 Å². The Bertz CT molecular complexity index is 801. The van der Waals surface area contributed by atoms with Crippen molar-refractivity contribution >= 4 is 11.8 Å². The minimum absolute atomic E-state index is 0.00790. The minimum Gasteiger partial charge on any atom is -0.455 e. The van der Waals surface area contributed by atoms with Crippen LogP contribution in [0.15, 0.2) is 28.8 Å². The highest BCUT2D eigenvalue weighted by Crippen LogP contribution is 2.40. The molecule has 0 N–H and O–H groups in total. The number of aromatic nitrogens is 2. The molecule has 2 bridgehead atoms. The fourth-order valence-electron chi connectivity index (χ4n) is 3.95. The molecule has 2 unspecified atom stereocenters. The third-order valence-electron chi connectivity index (χ3n) is 5.29. The molecular weight excluding hydrogens is 339 g/mol. The van der Waals surface area contributed by atoms with E-state index in [-0.39, 0.29) is 42.0 Å². The molecule has 7 heteroatoms. The molecule has 0 saturated heterocycles. The van der Waals surface area contributed by atoms with E-state index >= 15 is 0 Å². The number of fused-ring (bicyclic) bond motifs is 2. The second kappa shape index (κ2) is 6.97. The number of Topliss-reactive ketones (excluding diaryl/α,β-unsaturated/α-hetero) is 1. The van der Waals surface area contributed by atoms with Crippen LogP contribution in [0.25, 0.3) is 11.4 Å². The molecule has 2 aromatic rings. The molecule has 2 aliphatic rings. The van der Waals surface area contributed by atoms with Gasteiger partial charge >= 0.3 is 5.97 Å². The third kappa shape index (κ3) is 3.38. The second-order valence-electron chi connectivity index (χ2n) is 7.02. The van der Waals surface area contributed by atoms with Gasteiger partial charge in [-0.05, 0) is 49.9 Å². The van der Waals surface area contributed by atoms with Crippen LogP contribution in [0, 0.1) is 23.6 Å². The minimum atomic E-state index is -0.345. The summed E-state index contributed by atoms with van der Waals surface area (Å²) >= 11 is 0. The van der Waals surface area contributed by atoms with Crippen molar-refractivity contribution in [2.24, 2.45) is 17.8 Å². The zero-order chi connectivity index (χ0) is 18.1. The van der Waals surface area contributed by atoms with E-state index in [9.17, 15) is 14.0 Å². The van der Waals surface area contributed by atoms with Gasteiger partial charge in [0.15, 0.2) is 6.61 Å². The summed E-state index contributed by atoms with van der Waals surface area (Å²) < 4.78 is 23.4. The predicted octanol–water partition coefficient (Wildman–Crippen LogP) is 3.31. The quantitative estimate of drug-likeness (QED) is 0.780. The first-order chi connectivity index (χ1) is 12.6. The number of carbonyl (C=O) groups is 2. The fourth-order valence-corrected chi connectivity index (χ4v) is 3.95. The monoisotopic (exact) mass is 358 g/mol. The molecule has 2 atom stereocenters. The van der Waals surface area contributed by atoms with Crippen molar-refractivity contribution in [2.45, 2.75) is 38.7 Å². The van der Waals surface area contributed by atoms with Gasteiger partial charge in [0.1, 0.15) is 11.6 Å². The molecule has 6 nitrogen and oxygen atoms in total. The van der Waals surface area contributed by atoms with Crippen molar-refractivity contribution in [3.05, 3.63) is 36.0 Å². The molecule has 2 saturated carbocycles. The van der Waals surface area contributed by atoms with Crippen LogP contribution in [0.4, 0.5) is 4.39 Å². The first kappa shape index (κ1) is 16.9. The number of ether oxygens (including phenoxy) is 1. The molecule has 26 heavy (non-hydrogen) atoms.